The van der Waals surface area contributed by atoms with E-state index in [4.69, 9.17) is 4.74 Å². The Balaban J connectivity index is 1.60. The lowest BCUT2D eigenvalue weighted by Gasteiger charge is -2.29. The molecule has 0 unspecified atom stereocenters. The number of benzene rings is 3. The van der Waals surface area contributed by atoms with E-state index in [9.17, 15) is 22.8 Å². The molecule has 0 saturated carbocycles. The standard InChI is InChI=1S/C35H38F3N3O3/c1-26(2)17-19-40(34(43)29-13-8-14-30(21-29)35(36,37)38)25-33(42)41(22-27-10-5-4-6-11-27)24-31-15-9-18-39(31)23-28-12-7-16-32(20-28)44-3/h4-16,18,20-21,26H,17,19,22-25H2,1-3H3. The second-order valence-electron chi connectivity index (χ2n) is 11.2. The van der Waals surface area contributed by atoms with E-state index in [1.54, 1.807) is 12.0 Å². The van der Waals surface area contributed by atoms with Crippen molar-refractivity contribution in [3.63, 3.8) is 0 Å². The van der Waals surface area contributed by atoms with Gasteiger partial charge in [-0.15, -0.1) is 0 Å². The molecule has 0 aliphatic carbocycles. The van der Waals surface area contributed by atoms with Gasteiger partial charge < -0.3 is 19.1 Å². The summed E-state index contributed by atoms with van der Waals surface area (Å²) in [4.78, 5) is 30.6. The van der Waals surface area contributed by atoms with Crippen LogP contribution in [0.1, 0.15) is 53.0 Å². The van der Waals surface area contributed by atoms with Crippen LogP contribution in [-0.2, 0) is 30.6 Å². The highest BCUT2D eigenvalue weighted by Crippen LogP contribution is 2.30. The monoisotopic (exact) mass is 605 g/mol. The molecule has 2 amide bonds. The third-order valence-electron chi connectivity index (χ3n) is 7.36. The van der Waals surface area contributed by atoms with Gasteiger partial charge in [-0.05, 0) is 65.9 Å². The van der Waals surface area contributed by atoms with E-state index in [0.29, 0.717) is 19.5 Å². The topological polar surface area (TPSA) is 54.8 Å². The lowest BCUT2D eigenvalue weighted by Crippen LogP contribution is -2.43. The normalized spacial score (nSPS) is 11.4. The summed E-state index contributed by atoms with van der Waals surface area (Å²) >= 11 is 0. The largest absolute Gasteiger partial charge is 0.497 e. The van der Waals surface area contributed by atoms with Gasteiger partial charge in [-0.25, -0.2) is 0 Å². The quantitative estimate of drug-likeness (QED) is 0.161. The Morgan fingerprint density at radius 2 is 1.57 bits per heavy atom. The average molecular weight is 606 g/mol. The van der Waals surface area contributed by atoms with Crippen molar-refractivity contribution >= 4 is 11.8 Å². The van der Waals surface area contributed by atoms with Gasteiger partial charge in [0.1, 0.15) is 12.3 Å². The van der Waals surface area contributed by atoms with Crippen LogP contribution in [0.3, 0.4) is 0 Å². The van der Waals surface area contributed by atoms with Gasteiger partial charge in [-0.2, -0.15) is 13.2 Å². The van der Waals surface area contributed by atoms with Gasteiger partial charge in [0.15, 0.2) is 0 Å². The van der Waals surface area contributed by atoms with Crippen LogP contribution >= 0.6 is 0 Å². The van der Waals surface area contributed by atoms with Crippen LogP contribution in [0.4, 0.5) is 13.2 Å². The molecule has 0 atom stereocenters. The van der Waals surface area contributed by atoms with Gasteiger partial charge in [-0.1, -0.05) is 62.4 Å². The van der Waals surface area contributed by atoms with Crippen molar-refractivity contribution in [3.8, 4) is 5.75 Å². The SMILES string of the molecule is COc1cccc(Cn2cccc2CN(Cc2ccccc2)C(=O)CN(CCC(C)C)C(=O)c2cccc(C(F)(F)F)c2)c1. The summed E-state index contributed by atoms with van der Waals surface area (Å²) in [5.74, 6) is 0.0736. The molecule has 232 valence electrons. The first-order valence-electron chi connectivity index (χ1n) is 14.6. The maximum atomic E-state index is 14.0. The highest BCUT2D eigenvalue weighted by molar-refractivity contribution is 5.96. The number of hydrogen-bond acceptors (Lipinski definition) is 3. The van der Waals surface area contributed by atoms with Crippen molar-refractivity contribution in [2.24, 2.45) is 5.92 Å². The van der Waals surface area contributed by atoms with Crippen LogP contribution in [0.2, 0.25) is 0 Å². The molecule has 0 bridgehead atoms. The van der Waals surface area contributed by atoms with E-state index in [0.717, 1.165) is 34.7 Å². The molecule has 3 aromatic carbocycles. The van der Waals surface area contributed by atoms with Gasteiger partial charge in [-0.3, -0.25) is 9.59 Å². The molecule has 1 aromatic heterocycles. The van der Waals surface area contributed by atoms with Crippen molar-refractivity contribution in [3.05, 3.63) is 125 Å². The lowest BCUT2D eigenvalue weighted by molar-refractivity contribution is -0.137. The van der Waals surface area contributed by atoms with Crippen LogP contribution in [0.15, 0.2) is 97.2 Å². The number of ether oxygens (including phenoxy) is 1. The summed E-state index contributed by atoms with van der Waals surface area (Å²) in [6, 6.07) is 25.6. The molecule has 9 heteroatoms. The van der Waals surface area contributed by atoms with E-state index in [1.807, 2.05) is 86.8 Å². The predicted molar refractivity (Wildman–Crippen MR) is 164 cm³/mol. The predicted octanol–water partition coefficient (Wildman–Crippen LogP) is 7.28. The number of hydrogen-bond donors (Lipinski definition) is 0. The molecule has 6 nitrogen and oxygen atoms in total. The van der Waals surface area contributed by atoms with Gasteiger partial charge in [0.2, 0.25) is 5.91 Å². The van der Waals surface area contributed by atoms with Crippen LogP contribution in [0, 0.1) is 5.92 Å². The fourth-order valence-electron chi connectivity index (χ4n) is 4.89. The van der Waals surface area contributed by atoms with E-state index >= 15 is 0 Å². The molecule has 0 fully saturated rings. The van der Waals surface area contributed by atoms with Crippen LogP contribution in [-0.4, -0.2) is 46.4 Å². The summed E-state index contributed by atoms with van der Waals surface area (Å²) in [5.41, 5.74) is 1.85. The minimum Gasteiger partial charge on any atom is -0.497 e. The lowest BCUT2D eigenvalue weighted by atomic mass is 10.1. The highest BCUT2D eigenvalue weighted by atomic mass is 19.4. The molecule has 4 rings (SSSR count). The van der Waals surface area contributed by atoms with Gasteiger partial charge >= 0.3 is 6.18 Å². The average Bonchev–Trinajstić information content (AvgIpc) is 3.44. The zero-order valence-corrected chi connectivity index (χ0v) is 25.3. The summed E-state index contributed by atoms with van der Waals surface area (Å²) in [6.45, 7) is 5.12. The van der Waals surface area contributed by atoms with Crippen molar-refractivity contribution in [2.45, 2.75) is 46.1 Å². The van der Waals surface area contributed by atoms with E-state index in [1.165, 1.54) is 17.0 Å². The number of rotatable bonds is 13. The Morgan fingerprint density at radius 1 is 0.841 bits per heavy atom. The van der Waals surface area contributed by atoms with Crippen molar-refractivity contribution in [1.29, 1.82) is 0 Å². The Kier molecular flexibility index (Phi) is 10.9. The fourth-order valence-corrected chi connectivity index (χ4v) is 4.89. The first kappa shape index (κ1) is 32.4. The number of methoxy groups -OCH3 is 1. The molecule has 4 aromatic rings. The van der Waals surface area contributed by atoms with Crippen molar-refractivity contribution in [1.82, 2.24) is 14.4 Å². The summed E-state index contributed by atoms with van der Waals surface area (Å²) in [6.07, 6.45) is -2.03. The zero-order valence-electron chi connectivity index (χ0n) is 25.3. The fraction of sp³-hybridized carbons (Fsp3) is 0.314. The molecule has 0 saturated heterocycles. The van der Waals surface area contributed by atoms with Gasteiger partial charge in [0.25, 0.3) is 5.91 Å². The number of amides is 2. The first-order valence-corrected chi connectivity index (χ1v) is 14.6. The van der Waals surface area contributed by atoms with Crippen LogP contribution in [0.25, 0.3) is 0 Å². The maximum absolute atomic E-state index is 14.0. The van der Waals surface area contributed by atoms with Gasteiger partial charge in [0.05, 0.1) is 19.2 Å². The van der Waals surface area contributed by atoms with Crippen molar-refractivity contribution < 1.29 is 27.5 Å². The Hall–Kier alpha value is -4.53. The van der Waals surface area contributed by atoms with Crippen molar-refractivity contribution in [2.75, 3.05) is 20.2 Å². The number of aromatic nitrogens is 1. The van der Waals surface area contributed by atoms with E-state index in [-0.39, 0.29) is 37.0 Å². The third kappa shape index (κ3) is 8.99. The molecule has 44 heavy (non-hydrogen) atoms. The number of alkyl halides is 3. The number of carbonyl (C=O) groups excluding carboxylic acids is 2. The Bertz CT molecular complexity index is 1530. The first-order chi connectivity index (χ1) is 21.0. The molecular weight excluding hydrogens is 567 g/mol. The second-order valence-corrected chi connectivity index (χ2v) is 11.2. The Labute approximate surface area is 256 Å². The van der Waals surface area contributed by atoms with Crippen LogP contribution in [0.5, 0.6) is 5.75 Å². The van der Waals surface area contributed by atoms with Gasteiger partial charge in [0, 0.05) is 37.1 Å². The zero-order chi connectivity index (χ0) is 31.7. The molecule has 0 spiro atoms. The summed E-state index contributed by atoms with van der Waals surface area (Å²) in [7, 11) is 1.62. The van der Waals surface area contributed by atoms with E-state index in [2.05, 4.69) is 4.57 Å². The Morgan fingerprint density at radius 3 is 2.27 bits per heavy atom. The third-order valence-corrected chi connectivity index (χ3v) is 7.36. The summed E-state index contributed by atoms with van der Waals surface area (Å²) < 4.78 is 47.6. The number of nitrogens with zero attached hydrogens (tertiary/aromatic N) is 3. The number of halogens is 3. The maximum Gasteiger partial charge on any atom is 0.416 e. The smallest absolute Gasteiger partial charge is 0.416 e. The number of carbonyl (C=O) groups is 2. The minimum absolute atomic E-state index is 0.0989. The molecule has 0 aliphatic heterocycles. The molecule has 0 N–H and O–H groups in total. The summed E-state index contributed by atoms with van der Waals surface area (Å²) in [5, 5.41) is 0. The van der Waals surface area contributed by atoms with Crippen LogP contribution < -0.4 is 4.74 Å². The molecule has 0 aliphatic rings. The second kappa shape index (κ2) is 14.8. The molecule has 1 heterocycles. The van der Waals surface area contributed by atoms with E-state index < -0.39 is 17.6 Å². The molecule has 0 radical (unpaired) electrons. The minimum atomic E-state index is -4.58. The molecular formula is C35H38F3N3O3. The highest BCUT2D eigenvalue weighted by Gasteiger charge is 2.32.